The fourth-order valence-corrected chi connectivity index (χ4v) is 2.81. The maximum Gasteiger partial charge on any atom is 0.405 e. The van der Waals surface area contributed by atoms with Crippen molar-refractivity contribution in [1.29, 1.82) is 0 Å². The zero-order chi connectivity index (χ0) is 16.9. The van der Waals surface area contributed by atoms with E-state index in [1.165, 1.54) is 0 Å². The van der Waals surface area contributed by atoms with Gasteiger partial charge in [0.05, 0.1) is 12.6 Å². The van der Waals surface area contributed by atoms with Gasteiger partial charge < -0.3 is 24.6 Å². The molecule has 1 heterocycles. The van der Waals surface area contributed by atoms with Crippen LogP contribution in [-0.4, -0.2) is 31.7 Å². The number of hydrogen-bond donors (Lipinski definition) is 2. The van der Waals surface area contributed by atoms with E-state index < -0.39 is 6.09 Å². The maximum absolute atomic E-state index is 10.9. The molecule has 0 aliphatic carbocycles. The molecule has 0 fully saturated rings. The van der Waals surface area contributed by atoms with Crippen molar-refractivity contribution in [3.63, 3.8) is 0 Å². The van der Waals surface area contributed by atoms with E-state index in [1.54, 1.807) is 7.11 Å². The third-order valence-electron chi connectivity index (χ3n) is 3.88. The van der Waals surface area contributed by atoms with Crippen LogP contribution in [0.3, 0.4) is 0 Å². The van der Waals surface area contributed by atoms with Gasteiger partial charge >= 0.3 is 6.09 Å². The van der Waals surface area contributed by atoms with Gasteiger partial charge in [0.25, 0.3) is 0 Å². The molecule has 6 heteroatoms. The van der Waals surface area contributed by atoms with Crippen LogP contribution < -0.4 is 14.8 Å². The third-order valence-corrected chi connectivity index (χ3v) is 3.88. The minimum Gasteiger partial charge on any atom is -0.493 e. The molecule has 2 aromatic carbocycles. The van der Waals surface area contributed by atoms with Crippen molar-refractivity contribution in [1.82, 2.24) is 5.32 Å². The van der Waals surface area contributed by atoms with E-state index >= 15 is 0 Å². The molecule has 0 aromatic heterocycles. The number of para-hydroxylation sites is 1. The summed E-state index contributed by atoms with van der Waals surface area (Å²) >= 11 is 0. The monoisotopic (exact) mass is 329 g/mol. The Kier molecular flexibility index (Phi) is 4.86. The second kappa shape index (κ2) is 7.23. The van der Waals surface area contributed by atoms with Crippen LogP contribution in [0.4, 0.5) is 4.79 Å². The first-order chi connectivity index (χ1) is 11.7. The smallest absolute Gasteiger partial charge is 0.405 e. The second-order valence-corrected chi connectivity index (χ2v) is 5.44. The normalized spacial score (nSPS) is 16.0. The van der Waals surface area contributed by atoms with Gasteiger partial charge in [-0.3, -0.25) is 0 Å². The van der Waals surface area contributed by atoms with Crippen molar-refractivity contribution in [2.24, 2.45) is 0 Å². The molecule has 0 saturated heterocycles. The largest absolute Gasteiger partial charge is 0.493 e. The van der Waals surface area contributed by atoms with Gasteiger partial charge in [-0.15, -0.1) is 0 Å². The van der Waals surface area contributed by atoms with E-state index in [1.807, 2.05) is 42.5 Å². The highest BCUT2D eigenvalue weighted by atomic mass is 16.7. The average Bonchev–Trinajstić information content (AvgIpc) is 2.59. The number of rotatable bonds is 5. The van der Waals surface area contributed by atoms with E-state index in [-0.39, 0.29) is 12.8 Å². The molecule has 1 aliphatic heterocycles. The number of methoxy groups -OCH3 is 1. The lowest BCUT2D eigenvalue weighted by Gasteiger charge is -2.26. The highest BCUT2D eigenvalue weighted by molar-refractivity contribution is 5.73. The van der Waals surface area contributed by atoms with Gasteiger partial charge in [-0.1, -0.05) is 30.3 Å². The zero-order valence-corrected chi connectivity index (χ0v) is 13.3. The quantitative estimate of drug-likeness (QED) is 0.822. The van der Waals surface area contributed by atoms with Crippen LogP contribution in [0.15, 0.2) is 42.5 Å². The van der Waals surface area contributed by atoms with Crippen LogP contribution in [0, 0.1) is 0 Å². The predicted molar refractivity (Wildman–Crippen MR) is 88.4 cm³/mol. The maximum atomic E-state index is 10.9. The molecular formula is C18H19NO5. The van der Waals surface area contributed by atoms with Crippen molar-refractivity contribution in [3.05, 3.63) is 48.0 Å². The van der Waals surface area contributed by atoms with E-state index in [2.05, 4.69) is 5.32 Å². The standard InChI is InChI=1S/C18H19NO5/c1-22-11-24-16-5-3-2-4-13(16)12-6-7-14-15(19-18(20)21)8-9-23-17(14)10-12/h2-7,10,15,19H,8-9,11H2,1H3,(H,20,21). The number of benzene rings is 2. The average molecular weight is 329 g/mol. The van der Waals surface area contributed by atoms with Gasteiger partial charge in [0.1, 0.15) is 11.5 Å². The lowest BCUT2D eigenvalue weighted by Crippen LogP contribution is -2.30. The predicted octanol–water partition coefficient (Wildman–Crippen LogP) is 3.43. The number of hydrogen-bond acceptors (Lipinski definition) is 4. The highest BCUT2D eigenvalue weighted by Gasteiger charge is 2.23. The van der Waals surface area contributed by atoms with Crippen LogP contribution in [0.2, 0.25) is 0 Å². The first-order valence-corrected chi connectivity index (χ1v) is 7.66. The fraction of sp³-hybridized carbons (Fsp3) is 0.278. The lowest BCUT2D eigenvalue weighted by atomic mass is 9.96. The summed E-state index contributed by atoms with van der Waals surface area (Å²) in [4.78, 5) is 10.9. The van der Waals surface area contributed by atoms with Crippen LogP contribution in [0.1, 0.15) is 18.0 Å². The van der Waals surface area contributed by atoms with Crippen LogP contribution in [0.25, 0.3) is 11.1 Å². The van der Waals surface area contributed by atoms with Crippen molar-refractivity contribution in [2.45, 2.75) is 12.5 Å². The number of carbonyl (C=O) groups is 1. The van der Waals surface area contributed by atoms with E-state index in [0.29, 0.717) is 18.8 Å². The molecule has 0 saturated carbocycles. The molecule has 6 nitrogen and oxygen atoms in total. The summed E-state index contributed by atoms with van der Waals surface area (Å²) in [5.41, 5.74) is 2.72. The first-order valence-electron chi connectivity index (χ1n) is 7.66. The molecule has 3 rings (SSSR count). The Balaban J connectivity index is 1.93. The Hall–Kier alpha value is -2.73. The Morgan fingerprint density at radius 2 is 2.17 bits per heavy atom. The molecule has 1 atom stereocenters. The number of fused-ring (bicyclic) bond motifs is 1. The second-order valence-electron chi connectivity index (χ2n) is 5.44. The summed E-state index contributed by atoms with van der Waals surface area (Å²) in [6.07, 6.45) is -0.415. The summed E-state index contributed by atoms with van der Waals surface area (Å²) in [6.45, 7) is 0.645. The SMILES string of the molecule is COCOc1ccccc1-c1ccc2c(c1)OCCC2NC(=O)O. The van der Waals surface area contributed by atoms with Crippen LogP contribution in [-0.2, 0) is 4.74 Å². The fourth-order valence-electron chi connectivity index (χ4n) is 2.81. The molecule has 2 N–H and O–H groups in total. The van der Waals surface area contributed by atoms with Crippen LogP contribution in [0.5, 0.6) is 11.5 Å². The number of carboxylic acid groups (broad SMARTS) is 1. The molecule has 1 aliphatic rings. The van der Waals surface area contributed by atoms with E-state index in [9.17, 15) is 4.79 Å². The third kappa shape index (κ3) is 3.44. The molecule has 126 valence electrons. The molecule has 2 aromatic rings. The molecule has 24 heavy (non-hydrogen) atoms. The zero-order valence-electron chi connectivity index (χ0n) is 13.3. The van der Waals surface area contributed by atoms with Crippen LogP contribution >= 0.6 is 0 Å². The summed E-state index contributed by atoms with van der Waals surface area (Å²) in [5, 5.41) is 11.5. The lowest BCUT2D eigenvalue weighted by molar-refractivity contribution is 0.0515. The molecule has 0 spiro atoms. The molecule has 0 radical (unpaired) electrons. The number of ether oxygens (including phenoxy) is 3. The summed E-state index contributed by atoms with van der Waals surface area (Å²) in [7, 11) is 1.57. The Labute approximate surface area is 140 Å². The van der Waals surface area contributed by atoms with Gasteiger partial charge in [-0.05, 0) is 17.7 Å². The number of nitrogens with one attached hydrogen (secondary N) is 1. The van der Waals surface area contributed by atoms with Crippen molar-refractivity contribution in [2.75, 3.05) is 20.5 Å². The Morgan fingerprint density at radius 3 is 2.96 bits per heavy atom. The van der Waals surface area contributed by atoms with Crippen molar-refractivity contribution in [3.8, 4) is 22.6 Å². The summed E-state index contributed by atoms with van der Waals surface area (Å²) < 4.78 is 16.3. The van der Waals surface area contributed by atoms with Crippen molar-refractivity contribution < 1.29 is 24.1 Å². The molecular weight excluding hydrogens is 310 g/mol. The first kappa shape index (κ1) is 16.1. The van der Waals surface area contributed by atoms with Gasteiger partial charge in [-0.2, -0.15) is 0 Å². The Morgan fingerprint density at radius 1 is 1.33 bits per heavy atom. The van der Waals surface area contributed by atoms with E-state index in [0.717, 1.165) is 22.4 Å². The molecule has 0 bridgehead atoms. The van der Waals surface area contributed by atoms with Crippen molar-refractivity contribution >= 4 is 6.09 Å². The van der Waals surface area contributed by atoms with Gasteiger partial charge in [0.15, 0.2) is 6.79 Å². The highest BCUT2D eigenvalue weighted by Crippen LogP contribution is 2.38. The van der Waals surface area contributed by atoms with Gasteiger partial charge in [0.2, 0.25) is 0 Å². The minimum absolute atomic E-state index is 0.170. The van der Waals surface area contributed by atoms with E-state index in [4.69, 9.17) is 19.3 Å². The number of amides is 1. The Bertz CT molecular complexity index is 731. The van der Waals surface area contributed by atoms with Gasteiger partial charge in [-0.25, -0.2) is 4.79 Å². The van der Waals surface area contributed by atoms with Gasteiger partial charge in [0, 0.05) is 24.7 Å². The topological polar surface area (TPSA) is 77.0 Å². The minimum atomic E-state index is -1.03. The molecule has 1 amide bonds. The summed E-state index contributed by atoms with van der Waals surface area (Å²) in [6, 6.07) is 13.2. The summed E-state index contributed by atoms with van der Waals surface area (Å²) in [5.74, 6) is 1.41. The molecule has 1 unspecified atom stereocenters.